The number of ketones is 1. The van der Waals surface area contributed by atoms with E-state index < -0.39 is 4.32 Å². The highest BCUT2D eigenvalue weighted by molar-refractivity contribution is 9.10. The Morgan fingerprint density at radius 2 is 1.89 bits per heavy atom. The first-order chi connectivity index (χ1) is 3.85. The molecule has 52 valence electrons. The number of hydrogen-bond acceptors (Lipinski definition) is 1. The van der Waals surface area contributed by atoms with Crippen LogP contribution < -0.4 is 0 Å². The van der Waals surface area contributed by atoms with E-state index in [-0.39, 0.29) is 5.78 Å². The first kappa shape index (κ1) is 8.89. The Kier molecular flexibility index (Phi) is 2.62. The standard InChI is InChI=1S/C7H11BrO/c1-5(2)6(9)7(3,4)8/h1H2,2-4H3. The van der Waals surface area contributed by atoms with E-state index in [1.54, 1.807) is 6.92 Å². The van der Waals surface area contributed by atoms with Crippen molar-refractivity contribution >= 4 is 21.7 Å². The van der Waals surface area contributed by atoms with Gasteiger partial charge in [0.05, 0.1) is 4.32 Å². The molecule has 0 N–H and O–H groups in total. The van der Waals surface area contributed by atoms with Crippen molar-refractivity contribution in [2.24, 2.45) is 0 Å². The average Bonchev–Trinajstić information content (AvgIpc) is 1.62. The van der Waals surface area contributed by atoms with Gasteiger partial charge in [-0.2, -0.15) is 0 Å². The molecule has 0 fully saturated rings. The second-order valence-electron chi connectivity index (χ2n) is 2.58. The molecule has 0 aliphatic carbocycles. The Bertz CT molecular complexity index is 141. The lowest BCUT2D eigenvalue weighted by Crippen LogP contribution is -2.24. The van der Waals surface area contributed by atoms with Crippen molar-refractivity contribution < 1.29 is 4.79 Å². The van der Waals surface area contributed by atoms with Gasteiger partial charge in [-0.3, -0.25) is 4.79 Å². The van der Waals surface area contributed by atoms with Crippen LogP contribution in [-0.2, 0) is 4.79 Å². The molecule has 0 spiro atoms. The zero-order chi connectivity index (χ0) is 7.65. The quantitative estimate of drug-likeness (QED) is 0.483. The van der Waals surface area contributed by atoms with Gasteiger partial charge in [0, 0.05) is 0 Å². The minimum absolute atomic E-state index is 0.0579. The van der Waals surface area contributed by atoms with Crippen LogP contribution in [0.15, 0.2) is 12.2 Å². The van der Waals surface area contributed by atoms with E-state index in [4.69, 9.17) is 0 Å². The Morgan fingerprint density at radius 3 is 1.89 bits per heavy atom. The fourth-order valence-corrected chi connectivity index (χ4v) is 0.846. The number of alkyl halides is 1. The van der Waals surface area contributed by atoms with Gasteiger partial charge in [0.15, 0.2) is 5.78 Å². The van der Waals surface area contributed by atoms with Crippen LogP contribution in [0.5, 0.6) is 0 Å². The predicted molar refractivity (Wildman–Crippen MR) is 42.8 cm³/mol. The molecule has 0 aromatic heterocycles. The van der Waals surface area contributed by atoms with Gasteiger partial charge >= 0.3 is 0 Å². The van der Waals surface area contributed by atoms with Crippen LogP contribution in [0.4, 0.5) is 0 Å². The van der Waals surface area contributed by atoms with Crippen LogP contribution in [0.25, 0.3) is 0 Å². The number of rotatable bonds is 2. The van der Waals surface area contributed by atoms with Crippen LogP contribution in [-0.4, -0.2) is 10.1 Å². The minimum Gasteiger partial charge on any atom is -0.293 e. The summed E-state index contributed by atoms with van der Waals surface area (Å²) < 4.78 is -0.446. The van der Waals surface area contributed by atoms with E-state index >= 15 is 0 Å². The molecule has 2 heteroatoms. The maximum Gasteiger partial charge on any atom is 0.174 e. The number of carbonyl (C=O) groups excluding carboxylic acids is 1. The van der Waals surface area contributed by atoms with Crippen LogP contribution in [0.3, 0.4) is 0 Å². The van der Waals surface area contributed by atoms with Crippen molar-refractivity contribution in [2.75, 3.05) is 0 Å². The Balaban J connectivity index is 4.23. The molecule has 0 saturated heterocycles. The summed E-state index contributed by atoms with van der Waals surface area (Å²) in [6, 6.07) is 0. The zero-order valence-electron chi connectivity index (χ0n) is 5.99. The maximum absolute atomic E-state index is 11.0. The Labute approximate surface area is 64.3 Å². The van der Waals surface area contributed by atoms with Crippen molar-refractivity contribution in [3.8, 4) is 0 Å². The number of Topliss-reactive ketones (excluding diaryl/α,β-unsaturated/α-hetero) is 1. The highest BCUT2D eigenvalue weighted by Gasteiger charge is 2.23. The first-order valence-corrected chi connectivity index (χ1v) is 3.54. The molecule has 1 nitrogen and oxygen atoms in total. The average molecular weight is 191 g/mol. The molecule has 0 rings (SSSR count). The molecule has 0 bridgehead atoms. The summed E-state index contributed by atoms with van der Waals surface area (Å²) in [6.07, 6.45) is 0. The van der Waals surface area contributed by atoms with Gasteiger partial charge in [-0.25, -0.2) is 0 Å². The van der Waals surface area contributed by atoms with Crippen molar-refractivity contribution in [1.29, 1.82) is 0 Å². The normalized spacial score (nSPS) is 11.1. The second kappa shape index (κ2) is 2.65. The maximum atomic E-state index is 11.0. The minimum atomic E-state index is -0.446. The number of halogens is 1. The van der Waals surface area contributed by atoms with Gasteiger partial charge in [-0.05, 0) is 26.3 Å². The highest BCUT2D eigenvalue weighted by Crippen LogP contribution is 2.19. The molecule has 0 radical (unpaired) electrons. The van der Waals surface area contributed by atoms with Crippen molar-refractivity contribution in [1.82, 2.24) is 0 Å². The van der Waals surface area contributed by atoms with Crippen LogP contribution in [0.1, 0.15) is 20.8 Å². The van der Waals surface area contributed by atoms with Gasteiger partial charge in [0.1, 0.15) is 0 Å². The van der Waals surface area contributed by atoms with E-state index in [1.807, 2.05) is 13.8 Å². The van der Waals surface area contributed by atoms with E-state index in [0.29, 0.717) is 5.57 Å². The van der Waals surface area contributed by atoms with Crippen LogP contribution in [0.2, 0.25) is 0 Å². The van der Waals surface area contributed by atoms with Gasteiger partial charge < -0.3 is 0 Å². The number of hydrogen-bond donors (Lipinski definition) is 0. The Morgan fingerprint density at radius 1 is 1.56 bits per heavy atom. The van der Waals surface area contributed by atoms with Gasteiger partial charge in [0.2, 0.25) is 0 Å². The third kappa shape index (κ3) is 2.80. The second-order valence-corrected chi connectivity index (χ2v) is 4.56. The fourth-order valence-electron chi connectivity index (χ4n) is 0.507. The SMILES string of the molecule is C=C(C)C(=O)C(C)(C)Br. The molecule has 0 aromatic rings. The van der Waals surface area contributed by atoms with E-state index in [9.17, 15) is 4.79 Å². The fraction of sp³-hybridized carbons (Fsp3) is 0.571. The lowest BCUT2D eigenvalue weighted by Gasteiger charge is -2.13. The zero-order valence-corrected chi connectivity index (χ0v) is 7.58. The molecule has 0 atom stereocenters. The summed E-state index contributed by atoms with van der Waals surface area (Å²) in [6.45, 7) is 8.87. The third-order valence-corrected chi connectivity index (χ3v) is 1.29. The van der Waals surface area contributed by atoms with Crippen molar-refractivity contribution in [3.63, 3.8) is 0 Å². The summed E-state index contributed by atoms with van der Waals surface area (Å²) in [5.41, 5.74) is 0.594. The van der Waals surface area contributed by atoms with Crippen molar-refractivity contribution in [2.45, 2.75) is 25.1 Å². The smallest absolute Gasteiger partial charge is 0.174 e. The van der Waals surface area contributed by atoms with Crippen LogP contribution >= 0.6 is 15.9 Å². The molecule has 9 heavy (non-hydrogen) atoms. The van der Waals surface area contributed by atoms with E-state index in [1.165, 1.54) is 0 Å². The topological polar surface area (TPSA) is 17.1 Å². The molecule has 0 aliphatic rings. The number of carbonyl (C=O) groups is 1. The predicted octanol–water partition coefficient (Wildman–Crippen LogP) is 2.31. The molecule has 0 aromatic carbocycles. The lowest BCUT2D eigenvalue weighted by atomic mass is 10.0. The molecular weight excluding hydrogens is 180 g/mol. The molecule has 0 unspecified atom stereocenters. The summed E-state index contributed by atoms with van der Waals surface area (Å²) in [5.74, 6) is 0.0579. The molecule has 0 amide bonds. The largest absolute Gasteiger partial charge is 0.293 e. The van der Waals surface area contributed by atoms with Gasteiger partial charge in [-0.15, -0.1) is 0 Å². The highest BCUT2D eigenvalue weighted by atomic mass is 79.9. The Hall–Kier alpha value is -0.110. The third-order valence-electron chi connectivity index (χ3n) is 0.928. The monoisotopic (exact) mass is 190 g/mol. The number of allylic oxidation sites excluding steroid dienone is 1. The van der Waals surface area contributed by atoms with Gasteiger partial charge in [-0.1, -0.05) is 22.5 Å². The molecule has 0 aliphatic heterocycles. The molecular formula is C7H11BrO. The first-order valence-electron chi connectivity index (χ1n) is 2.75. The van der Waals surface area contributed by atoms with Crippen molar-refractivity contribution in [3.05, 3.63) is 12.2 Å². The van der Waals surface area contributed by atoms with Crippen LogP contribution in [0, 0.1) is 0 Å². The molecule has 0 heterocycles. The van der Waals surface area contributed by atoms with E-state index in [2.05, 4.69) is 22.5 Å². The van der Waals surface area contributed by atoms with Gasteiger partial charge in [0.25, 0.3) is 0 Å². The molecule has 0 saturated carbocycles. The lowest BCUT2D eigenvalue weighted by molar-refractivity contribution is -0.116. The summed E-state index contributed by atoms with van der Waals surface area (Å²) in [7, 11) is 0. The summed E-state index contributed by atoms with van der Waals surface area (Å²) in [4.78, 5) is 11.0. The summed E-state index contributed by atoms with van der Waals surface area (Å²) >= 11 is 3.23. The summed E-state index contributed by atoms with van der Waals surface area (Å²) in [5, 5.41) is 0. The van der Waals surface area contributed by atoms with E-state index in [0.717, 1.165) is 0 Å².